The minimum atomic E-state index is 0.0398. The van der Waals surface area contributed by atoms with E-state index in [0.717, 1.165) is 25.9 Å². The quantitative estimate of drug-likeness (QED) is 0.867. The molecule has 3 N–H and O–H groups in total. The Morgan fingerprint density at radius 3 is 2.19 bits per heavy atom. The number of hydrogen-bond donors (Lipinski definition) is 2. The summed E-state index contributed by atoms with van der Waals surface area (Å²) in [6, 6.07) is 5.05. The molecule has 0 radical (unpaired) electrons. The first kappa shape index (κ1) is 16.8. The molecular formula is C17H28BrN3. The van der Waals surface area contributed by atoms with Crippen LogP contribution in [-0.2, 0) is 0 Å². The molecule has 1 fully saturated rings. The fourth-order valence-corrected chi connectivity index (χ4v) is 3.40. The van der Waals surface area contributed by atoms with Crippen molar-refractivity contribution in [3.63, 3.8) is 0 Å². The first-order chi connectivity index (χ1) is 9.87. The van der Waals surface area contributed by atoms with Crippen molar-refractivity contribution >= 4 is 21.6 Å². The lowest BCUT2D eigenvalue weighted by molar-refractivity contribution is 0.144. The predicted molar refractivity (Wildman–Crippen MR) is 95.0 cm³/mol. The van der Waals surface area contributed by atoms with Gasteiger partial charge in [-0.15, -0.1) is 0 Å². The molecule has 0 spiro atoms. The number of anilines is 1. The molecule has 0 unspecified atom stereocenters. The lowest BCUT2D eigenvalue weighted by Crippen LogP contribution is -2.54. The highest BCUT2D eigenvalue weighted by atomic mass is 79.9. The molecule has 4 heteroatoms. The highest BCUT2D eigenvalue weighted by Crippen LogP contribution is 2.30. The zero-order valence-electron chi connectivity index (χ0n) is 13.7. The summed E-state index contributed by atoms with van der Waals surface area (Å²) in [4.78, 5) is 2.54. The van der Waals surface area contributed by atoms with Crippen LogP contribution in [0.15, 0.2) is 16.6 Å². The summed E-state index contributed by atoms with van der Waals surface area (Å²) in [5.74, 6) is 0. The van der Waals surface area contributed by atoms with Crippen molar-refractivity contribution in [2.75, 3.05) is 25.0 Å². The number of halogens is 1. The molecule has 1 aliphatic heterocycles. The minimum Gasteiger partial charge on any atom is -0.378 e. The van der Waals surface area contributed by atoms with Gasteiger partial charge < -0.3 is 16.0 Å². The number of nitrogens with two attached hydrogens (primary N) is 1. The van der Waals surface area contributed by atoms with E-state index in [-0.39, 0.29) is 5.54 Å². The van der Waals surface area contributed by atoms with Crippen LogP contribution in [0.5, 0.6) is 0 Å². The van der Waals surface area contributed by atoms with Crippen molar-refractivity contribution in [1.29, 1.82) is 0 Å². The van der Waals surface area contributed by atoms with E-state index in [0.29, 0.717) is 12.6 Å². The summed E-state index contributed by atoms with van der Waals surface area (Å²) in [5.41, 5.74) is 9.89. The standard InChI is InChI=1S/C17H28BrN3/c1-12(2)21-7-5-17(11-19,6-8-21)20-15-9-13(3)16(18)14(4)10-15/h9-10,12,20H,5-8,11,19H2,1-4H3. The van der Waals surface area contributed by atoms with Gasteiger partial charge in [0.15, 0.2) is 0 Å². The van der Waals surface area contributed by atoms with Crippen molar-refractivity contribution < 1.29 is 0 Å². The van der Waals surface area contributed by atoms with Gasteiger partial charge in [-0.05, 0) is 63.8 Å². The molecule has 1 aromatic carbocycles. The molecule has 0 aromatic heterocycles. The Hall–Kier alpha value is -0.580. The molecule has 0 bridgehead atoms. The maximum absolute atomic E-state index is 6.12. The number of hydrogen-bond acceptors (Lipinski definition) is 3. The van der Waals surface area contributed by atoms with E-state index in [4.69, 9.17) is 5.73 Å². The summed E-state index contributed by atoms with van der Waals surface area (Å²) in [7, 11) is 0. The molecule has 1 aliphatic rings. The van der Waals surface area contributed by atoms with Crippen LogP contribution in [0.25, 0.3) is 0 Å². The smallest absolute Gasteiger partial charge is 0.0520 e. The third-order valence-electron chi connectivity index (χ3n) is 4.72. The van der Waals surface area contributed by atoms with Crippen molar-refractivity contribution in [1.82, 2.24) is 4.90 Å². The maximum Gasteiger partial charge on any atom is 0.0520 e. The zero-order chi connectivity index (χ0) is 15.6. The lowest BCUT2D eigenvalue weighted by Gasteiger charge is -2.44. The topological polar surface area (TPSA) is 41.3 Å². The lowest BCUT2D eigenvalue weighted by atomic mass is 9.86. The minimum absolute atomic E-state index is 0.0398. The van der Waals surface area contributed by atoms with Crippen LogP contribution in [0.2, 0.25) is 0 Å². The van der Waals surface area contributed by atoms with Gasteiger partial charge in [0.05, 0.1) is 5.54 Å². The molecule has 2 rings (SSSR count). The average molecular weight is 354 g/mol. The molecule has 3 nitrogen and oxygen atoms in total. The third-order valence-corrected chi connectivity index (χ3v) is 5.97. The van der Waals surface area contributed by atoms with Gasteiger partial charge in [0.2, 0.25) is 0 Å². The van der Waals surface area contributed by atoms with E-state index in [9.17, 15) is 0 Å². The number of nitrogens with one attached hydrogen (secondary N) is 1. The van der Waals surface area contributed by atoms with Crippen LogP contribution < -0.4 is 11.1 Å². The van der Waals surface area contributed by atoms with E-state index < -0.39 is 0 Å². The number of rotatable bonds is 4. The number of nitrogens with zero attached hydrogens (tertiary/aromatic N) is 1. The highest BCUT2D eigenvalue weighted by molar-refractivity contribution is 9.10. The second kappa shape index (κ2) is 6.67. The van der Waals surface area contributed by atoms with E-state index in [2.05, 4.69) is 66.0 Å². The highest BCUT2D eigenvalue weighted by Gasteiger charge is 2.34. The number of likely N-dealkylation sites (tertiary alicyclic amines) is 1. The summed E-state index contributed by atoms with van der Waals surface area (Å²) < 4.78 is 1.20. The molecule has 1 heterocycles. The molecule has 0 aliphatic carbocycles. The maximum atomic E-state index is 6.12. The summed E-state index contributed by atoms with van der Waals surface area (Å²) in [6.45, 7) is 11.7. The second-order valence-corrected chi connectivity index (χ2v) is 7.46. The number of benzene rings is 1. The van der Waals surface area contributed by atoms with Crippen LogP contribution in [0.1, 0.15) is 37.8 Å². The van der Waals surface area contributed by atoms with E-state index in [1.54, 1.807) is 0 Å². The summed E-state index contributed by atoms with van der Waals surface area (Å²) in [6.07, 6.45) is 2.21. The third kappa shape index (κ3) is 3.79. The van der Waals surface area contributed by atoms with Crippen LogP contribution in [0.3, 0.4) is 0 Å². The molecule has 21 heavy (non-hydrogen) atoms. The Morgan fingerprint density at radius 2 is 1.76 bits per heavy atom. The molecule has 0 amide bonds. The molecule has 0 atom stereocenters. The van der Waals surface area contributed by atoms with Crippen molar-refractivity contribution in [3.05, 3.63) is 27.7 Å². The Bertz CT molecular complexity index is 468. The Morgan fingerprint density at radius 1 is 1.24 bits per heavy atom. The van der Waals surface area contributed by atoms with Crippen molar-refractivity contribution in [2.24, 2.45) is 5.73 Å². The monoisotopic (exact) mass is 353 g/mol. The van der Waals surface area contributed by atoms with Crippen LogP contribution in [0, 0.1) is 13.8 Å². The fourth-order valence-electron chi connectivity index (χ4n) is 3.17. The average Bonchev–Trinajstić information content (AvgIpc) is 2.45. The van der Waals surface area contributed by atoms with Crippen molar-refractivity contribution in [2.45, 2.75) is 52.1 Å². The zero-order valence-corrected chi connectivity index (χ0v) is 15.3. The molecule has 118 valence electrons. The molecule has 0 saturated carbocycles. The molecule has 1 saturated heterocycles. The molecule has 1 aromatic rings. The summed E-state index contributed by atoms with van der Waals surface area (Å²) >= 11 is 3.63. The van der Waals surface area contributed by atoms with Gasteiger partial charge in [-0.3, -0.25) is 0 Å². The Kier molecular flexibility index (Phi) is 5.33. The van der Waals surface area contributed by atoms with Gasteiger partial charge in [-0.2, -0.15) is 0 Å². The van der Waals surface area contributed by atoms with Gasteiger partial charge in [0.25, 0.3) is 0 Å². The van der Waals surface area contributed by atoms with Gasteiger partial charge in [-0.25, -0.2) is 0 Å². The Labute approximate surface area is 137 Å². The molecular weight excluding hydrogens is 326 g/mol. The van der Waals surface area contributed by atoms with Crippen LogP contribution in [0.4, 0.5) is 5.69 Å². The normalized spacial score (nSPS) is 19.0. The van der Waals surface area contributed by atoms with Gasteiger partial charge in [0.1, 0.15) is 0 Å². The van der Waals surface area contributed by atoms with E-state index in [1.807, 2.05) is 0 Å². The largest absolute Gasteiger partial charge is 0.378 e. The van der Waals surface area contributed by atoms with Crippen molar-refractivity contribution in [3.8, 4) is 0 Å². The first-order valence-electron chi connectivity index (χ1n) is 7.86. The Balaban J connectivity index is 2.13. The van der Waals surface area contributed by atoms with Gasteiger partial charge in [0, 0.05) is 35.8 Å². The SMILES string of the molecule is Cc1cc(NC2(CN)CCN(C(C)C)CC2)cc(C)c1Br. The van der Waals surface area contributed by atoms with E-state index >= 15 is 0 Å². The van der Waals surface area contributed by atoms with Crippen LogP contribution in [-0.4, -0.2) is 36.1 Å². The van der Waals surface area contributed by atoms with E-state index in [1.165, 1.54) is 21.3 Å². The first-order valence-corrected chi connectivity index (χ1v) is 8.65. The van der Waals surface area contributed by atoms with Crippen LogP contribution >= 0.6 is 15.9 Å². The fraction of sp³-hybridized carbons (Fsp3) is 0.647. The van der Waals surface area contributed by atoms with Gasteiger partial charge >= 0.3 is 0 Å². The number of piperidine rings is 1. The summed E-state index contributed by atoms with van der Waals surface area (Å²) in [5, 5.41) is 3.74. The predicted octanol–water partition coefficient (Wildman–Crippen LogP) is 3.68. The second-order valence-electron chi connectivity index (χ2n) is 6.66. The van der Waals surface area contributed by atoms with Gasteiger partial charge in [-0.1, -0.05) is 15.9 Å². The number of aryl methyl sites for hydroxylation is 2.